The monoisotopic (exact) mass is 346 g/mol. The maximum Gasteiger partial charge on any atom is 0.305 e. The molecule has 2 aromatic rings. The van der Waals surface area contributed by atoms with Crippen LogP contribution < -0.4 is 0 Å². The Morgan fingerprint density at radius 1 is 1.28 bits per heavy atom. The normalized spacial score (nSPS) is 10.8. The van der Waals surface area contributed by atoms with Crippen LogP contribution in [0.5, 0.6) is 0 Å². The number of pyridine rings is 1. The van der Waals surface area contributed by atoms with Gasteiger partial charge in [-0.1, -0.05) is 25.1 Å². The summed E-state index contributed by atoms with van der Waals surface area (Å²) < 4.78 is 5.16. The maximum absolute atomic E-state index is 12.4. The van der Waals surface area contributed by atoms with Crippen molar-refractivity contribution in [1.29, 1.82) is 0 Å². The first-order chi connectivity index (χ1) is 12.0. The van der Waals surface area contributed by atoms with E-state index in [0.29, 0.717) is 30.4 Å². The molecule has 0 aliphatic rings. The fourth-order valence-corrected chi connectivity index (χ4v) is 2.32. The largest absolute Gasteiger partial charge is 0.481 e. The predicted molar refractivity (Wildman–Crippen MR) is 89.5 cm³/mol. The second-order valence-electron chi connectivity index (χ2n) is 6.10. The summed E-state index contributed by atoms with van der Waals surface area (Å²) in [5.74, 6) is -0.0346. The lowest BCUT2D eigenvalue weighted by molar-refractivity contribution is -0.138. The van der Waals surface area contributed by atoms with Crippen molar-refractivity contribution in [2.75, 3.05) is 13.1 Å². The van der Waals surface area contributed by atoms with E-state index >= 15 is 0 Å². The third-order valence-electron chi connectivity index (χ3n) is 3.45. The van der Waals surface area contributed by atoms with Crippen molar-refractivity contribution in [1.82, 2.24) is 20.0 Å². The Kier molecular flexibility index (Phi) is 6.62. The molecular weight excluding hydrogens is 324 g/mol. The minimum atomic E-state index is -0.918. The SMILES string of the molecule is CC(C)CN(CCC(=O)O)C(=O)CCc1nc(-c2ccccn2)no1. The first kappa shape index (κ1) is 18.6. The molecule has 1 N–H and O–H groups in total. The van der Waals surface area contributed by atoms with Gasteiger partial charge in [-0.2, -0.15) is 4.98 Å². The Bertz CT molecular complexity index is 700. The Hall–Kier alpha value is -2.77. The molecule has 0 aliphatic heterocycles. The van der Waals surface area contributed by atoms with Gasteiger partial charge in [0.25, 0.3) is 0 Å². The molecule has 0 radical (unpaired) electrons. The number of aryl methyl sites for hydroxylation is 1. The fraction of sp³-hybridized carbons (Fsp3) is 0.471. The zero-order chi connectivity index (χ0) is 18.2. The summed E-state index contributed by atoms with van der Waals surface area (Å²) in [4.78, 5) is 33.1. The van der Waals surface area contributed by atoms with Gasteiger partial charge in [0.2, 0.25) is 17.6 Å². The van der Waals surface area contributed by atoms with Crippen molar-refractivity contribution in [3.8, 4) is 11.5 Å². The maximum atomic E-state index is 12.4. The van der Waals surface area contributed by atoms with Crippen LogP contribution in [-0.2, 0) is 16.0 Å². The molecule has 0 spiro atoms. The van der Waals surface area contributed by atoms with Crippen LogP contribution in [-0.4, -0.2) is 50.1 Å². The molecule has 0 unspecified atom stereocenters. The molecule has 1 amide bonds. The summed E-state index contributed by atoms with van der Waals surface area (Å²) in [7, 11) is 0. The smallest absolute Gasteiger partial charge is 0.305 e. The highest BCUT2D eigenvalue weighted by atomic mass is 16.5. The summed E-state index contributed by atoms with van der Waals surface area (Å²) >= 11 is 0. The van der Waals surface area contributed by atoms with E-state index in [0.717, 1.165) is 0 Å². The molecule has 0 aromatic carbocycles. The van der Waals surface area contributed by atoms with Gasteiger partial charge in [0, 0.05) is 32.1 Å². The van der Waals surface area contributed by atoms with Gasteiger partial charge in [-0.3, -0.25) is 14.6 Å². The number of carbonyl (C=O) groups excluding carboxylic acids is 1. The van der Waals surface area contributed by atoms with Crippen molar-refractivity contribution < 1.29 is 19.2 Å². The highest BCUT2D eigenvalue weighted by molar-refractivity contribution is 5.77. The highest BCUT2D eigenvalue weighted by Gasteiger charge is 2.18. The number of carbonyl (C=O) groups is 2. The summed E-state index contributed by atoms with van der Waals surface area (Å²) in [6, 6.07) is 5.40. The quantitative estimate of drug-likeness (QED) is 0.739. The number of aliphatic carboxylic acids is 1. The Morgan fingerprint density at radius 2 is 2.08 bits per heavy atom. The standard InChI is InChI=1S/C17H22N4O4/c1-12(2)11-21(10-8-16(23)24)15(22)7-6-14-19-17(20-25-14)13-5-3-4-9-18-13/h3-5,9,12H,6-8,10-11H2,1-2H3,(H,23,24). The number of carboxylic acid groups (broad SMARTS) is 1. The van der Waals surface area contributed by atoms with Crippen LogP contribution in [0.2, 0.25) is 0 Å². The molecule has 2 aromatic heterocycles. The fourth-order valence-electron chi connectivity index (χ4n) is 2.32. The van der Waals surface area contributed by atoms with E-state index in [1.807, 2.05) is 19.9 Å². The Morgan fingerprint density at radius 3 is 2.72 bits per heavy atom. The minimum absolute atomic E-state index is 0.0666. The van der Waals surface area contributed by atoms with Gasteiger partial charge >= 0.3 is 5.97 Å². The van der Waals surface area contributed by atoms with E-state index in [1.165, 1.54) is 0 Å². The van der Waals surface area contributed by atoms with Crippen LogP contribution in [0.15, 0.2) is 28.9 Å². The van der Waals surface area contributed by atoms with Crippen LogP contribution in [0.25, 0.3) is 11.5 Å². The van der Waals surface area contributed by atoms with Gasteiger partial charge in [0.05, 0.1) is 6.42 Å². The van der Waals surface area contributed by atoms with E-state index < -0.39 is 5.97 Å². The molecule has 0 fully saturated rings. The molecule has 8 heteroatoms. The molecule has 25 heavy (non-hydrogen) atoms. The van der Waals surface area contributed by atoms with Crippen LogP contribution in [0.4, 0.5) is 0 Å². The molecule has 2 rings (SSSR count). The number of aromatic nitrogens is 3. The Labute approximate surface area is 145 Å². The van der Waals surface area contributed by atoms with Gasteiger partial charge in [-0.05, 0) is 18.1 Å². The second kappa shape index (κ2) is 8.91. The summed E-state index contributed by atoms with van der Waals surface area (Å²) in [5.41, 5.74) is 0.603. The van der Waals surface area contributed by atoms with Gasteiger partial charge < -0.3 is 14.5 Å². The van der Waals surface area contributed by atoms with Gasteiger partial charge in [-0.15, -0.1) is 0 Å². The molecule has 0 saturated heterocycles. The lowest BCUT2D eigenvalue weighted by Crippen LogP contribution is -2.36. The number of carboxylic acids is 1. The van der Waals surface area contributed by atoms with Gasteiger partial charge in [-0.25, -0.2) is 0 Å². The van der Waals surface area contributed by atoms with Crippen molar-refractivity contribution >= 4 is 11.9 Å². The molecular formula is C17H22N4O4. The number of rotatable bonds is 9. The summed E-state index contributed by atoms with van der Waals surface area (Å²) in [6.07, 6.45) is 2.07. The molecule has 0 bridgehead atoms. The number of hydrogen-bond donors (Lipinski definition) is 1. The average molecular weight is 346 g/mol. The highest BCUT2D eigenvalue weighted by Crippen LogP contribution is 2.13. The summed E-state index contributed by atoms with van der Waals surface area (Å²) in [6.45, 7) is 4.70. The molecule has 0 aliphatic carbocycles. The average Bonchev–Trinajstić information content (AvgIpc) is 3.06. The van der Waals surface area contributed by atoms with Crippen LogP contribution in [0, 0.1) is 5.92 Å². The van der Waals surface area contributed by atoms with E-state index in [1.54, 1.807) is 23.2 Å². The number of nitrogens with zero attached hydrogens (tertiary/aromatic N) is 4. The second-order valence-corrected chi connectivity index (χ2v) is 6.10. The van der Waals surface area contributed by atoms with E-state index in [2.05, 4.69) is 15.1 Å². The van der Waals surface area contributed by atoms with Crippen molar-refractivity contribution in [2.24, 2.45) is 5.92 Å². The minimum Gasteiger partial charge on any atom is -0.481 e. The van der Waals surface area contributed by atoms with Gasteiger partial charge in [0.1, 0.15) is 5.69 Å². The van der Waals surface area contributed by atoms with E-state index in [9.17, 15) is 9.59 Å². The van der Waals surface area contributed by atoms with Crippen LogP contribution in [0.1, 0.15) is 32.6 Å². The Balaban J connectivity index is 1.93. The van der Waals surface area contributed by atoms with Crippen LogP contribution in [0.3, 0.4) is 0 Å². The topological polar surface area (TPSA) is 109 Å². The zero-order valence-corrected chi connectivity index (χ0v) is 14.4. The molecule has 134 valence electrons. The molecule has 0 atom stereocenters. The van der Waals surface area contributed by atoms with Crippen molar-refractivity contribution in [3.05, 3.63) is 30.3 Å². The predicted octanol–water partition coefficient (Wildman–Crippen LogP) is 2.02. The molecule has 0 saturated carbocycles. The number of hydrogen-bond acceptors (Lipinski definition) is 6. The lowest BCUT2D eigenvalue weighted by atomic mass is 10.1. The molecule has 8 nitrogen and oxygen atoms in total. The number of amides is 1. The molecule has 2 heterocycles. The third kappa shape index (κ3) is 5.98. The summed E-state index contributed by atoms with van der Waals surface area (Å²) in [5, 5.41) is 12.7. The lowest BCUT2D eigenvalue weighted by Gasteiger charge is -2.23. The van der Waals surface area contributed by atoms with E-state index in [-0.39, 0.29) is 31.2 Å². The van der Waals surface area contributed by atoms with Crippen molar-refractivity contribution in [3.63, 3.8) is 0 Å². The first-order valence-electron chi connectivity index (χ1n) is 8.19. The van der Waals surface area contributed by atoms with Gasteiger partial charge in [0.15, 0.2) is 0 Å². The van der Waals surface area contributed by atoms with E-state index in [4.69, 9.17) is 9.63 Å². The third-order valence-corrected chi connectivity index (χ3v) is 3.45. The first-order valence-corrected chi connectivity index (χ1v) is 8.19. The zero-order valence-electron chi connectivity index (χ0n) is 14.4. The van der Waals surface area contributed by atoms with Crippen molar-refractivity contribution in [2.45, 2.75) is 33.1 Å². The van der Waals surface area contributed by atoms with Crippen LogP contribution >= 0.6 is 0 Å².